The first-order chi connectivity index (χ1) is 7.58. The van der Waals surface area contributed by atoms with E-state index in [0.717, 1.165) is 12.1 Å². The summed E-state index contributed by atoms with van der Waals surface area (Å²) >= 11 is 0. The molecule has 16 heavy (non-hydrogen) atoms. The Morgan fingerprint density at radius 1 is 0.875 bits per heavy atom. The van der Waals surface area contributed by atoms with Gasteiger partial charge in [0.25, 0.3) is 0 Å². The molecule has 0 saturated heterocycles. The number of aromatic hydroxyl groups is 2. The van der Waals surface area contributed by atoms with Gasteiger partial charge < -0.3 is 10.2 Å². The first-order valence-corrected chi connectivity index (χ1v) is 4.55. The maximum atomic E-state index is 13.4. The predicted octanol–water partition coefficient (Wildman–Crippen LogP) is 3.04. The van der Waals surface area contributed by atoms with Crippen molar-refractivity contribution in [3.8, 4) is 22.6 Å². The highest BCUT2D eigenvalue weighted by Crippen LogP contribution is 2.30. The lowest BCUT2D eigenvalue weighted by Crippen LogP contribution is -1.88. The van der Waals surface area contributed by atoms with Crippen LogP contribution in [0.15, 0.2) is 36.4 Å². The molecule has 0 bridgehead atoms. The standard InChI is InChI=1S/C12H8F2O2/c13-11-3-1-2-10(12(11)14)7-4-8(15)6-9(16)5-7/h1-6,15-16H. The molecule has 0 spiro atoms. The van der Waals surface area contributed by atoms with E-state index in [1.807, 2.05) is 0 Å². The van der Waals surface area contributed by atoms with Crippen LogP contribution in [0.2, 0.25) is 0 Å². The normalized spacial score (nSPS) is 10.4. The van der Waals surface area contributed by atoms with E-state index in [-0.39, 0.29) is 22.6 Å². The first kappa shape index (κ1) is 10.4. The van der Waals surface area contributed by atoms with Gasteiger partial charge in [-0.05, 0) is 23.8 Å². The number of phenols is 2. The van der Waals surface area contributed by atoms with Crippen molar-refractivity contribution in [3.05, 3.63) is 48.0 Å². The fourth-order valence-corrected chi connectivity index (χ4v) is 1.48. The van der Waals surface area contributed by atoms with Crippen LogP contribution in [-0.4, -0.2) is 10.2 Å². The van der Waals surface area contributed by atoms with Crippen LogP contribution in [0, 0.1) is 11.6 Å². The molecule has 0 saturated carbocycles. The Bertz CT molecular complexity index is 518. The maximum absolute atomic E-state index is 13.4. The van der Waals surface area contributed by atoms with Crippen molar-refractivity contribution < 1.29 is 19.0 Å². The Morgan fingerprint density at radius 3 is 2.12 bits per heavy atom. The van der Waals surface area contributed by atoms with Crippen LogP contribution in [0.4, 0.5) is 8.78 Å². The van der Waals surface area contributed by atoms with Gasteiger partial charge in [0.05, 0.1) is 0 Å². The number of phenolic OH excluding ortho intramolecular Hbond substituents is 2. The second-order valence-electron chi connectivity index (χ2n) is 3.34. The summed E-state index contributed by atoms with van der Waals surface area (Å²) in [5.74, 6) is -2.40. The van der Waals surface area contributed by atoms with Crippen molar-refractivity contribution in [2.75, 3.05) is 0 Å². The van der Waals surface area contributed by atoms with Gasteiger partial charge in [-0.25, -0.2) is 8.78 Å². The zero-order valence-corrected chi connectivity index (χ0v) is 8.11. The Hall–Kier alpha value is -2.10. The summed E-state index contributed by atoms with van der Waals surface area (Å²) in [5, 5.41) is 18.5. The highest BCUT2D eigenvalue weighted by atomic mass is 19.2. The number of halogens is 2. The summed E-state index contributed by atoms with van der Waals surface area (Å²) in [6.07, 6.45) is 0. The van der Waals surface area contributed by atoms with E-state index in [9.17, 15) is 19.0 Å². The molecule has 0 unspecified atom stereocenters. The van der Waals surface area contributed by atoms with E-state index in [4.69, 9.17) is 0 Å². The van der Waals surface area contributed by atoms with Gasteiger partial charge >= 0.3 is 0 Å². The topological polar surface area (TPSA) is 40.5 Å². The molecule has 0 aliphatic carbocycles. The second-order valence-corrected chi connectivity index (χ2v) is 3.34. The van der Waals surface area contributed by atoms with Gasteiger partial charge in [-0.15, -0.1) is 0 Å². The summed E-state index contributed by atoms with van der Waals surface area (Å²) in [6.45, 7) is 0. The Kier molecular flexibility index (Phi) is 2.48. The minimum atomic E-state index is -1.01. The molecule has 2 aromatic carbocycles. The van der Waals surface area contributed by atoms with E-state index in [1.54, 1.807) is 0 Å². The first-order valence-electron chi connectivity index (χ1n) is 4.55. The molecule has 0 amide bonds. The third-order valence-corrected chi connectivity index (χ3v) is 2.17. The van der Waals surface area contributed by atoms with E-state index < -0.39 is 11.6 Å². The van der Waals surface area contributed by atoms with Crippen molar-refractivity contribution in [2.45, 2.75) is 0 Å². The van der Waals surface area contributed by atoms with Crippen molar-refractivity contribution in [3.63, 3.8) is 0 Å². The molecule has 0 aliphatic rings. The minimum Gasteiger partial charge on any atom is -0.508 e. The molecule has 82 valence electrons. The van der Waals surface area contributed by atoms with Crippen LogP contribution in [0.3, 0.4) is 0 Å². The molecule has 2 nitrogen and oxygen atoms in total. The third-order valence-electron chi connectivity index (χ3n) is 2.17. The summed E-state index contributed by atoms with van der Waals surface area (Å²) in [5.41, 5.74) is 0.209. The van der Waals surface area contributed by atoms with E-state index in [2.05, 4.69) is 0 Å². The monoisotopic (exact) mass is 222 g/mol. The van der Waals surface area contributed by atoms with Crippen LogP contribution < -0.4 is 0 Å². The van der Waals surface area contributed by atoms with Crippen molar-refractivity contribution >= 4 is 0 Å². The van der Waals surface area contributed by atoms with Gasteiger partial charge in [-0.2, -0.15) is 0 Å². The summed E-state index contributed by atoms with van der Waals surface area (Å²) < 4.78 is 26.4. The van der Waals surface area contributed by atoms with Gasteiger partial charge in [0.15, 0.2) is 11.6 Å². The molecular formula is C12H8F2O2. The fraction of sp³-hybridized carbons (Fsp3) is 0. The average molecular weight is 222 g/mol. The quantitative estimate of drug-likeness (QED) is 0.778. The van der Waals surface area contributed by atoms with Crippen molar-refractivity contribution in [1.29, 1.82) is 0 Å². The van der Waals surface area contributed by atoms with E-state index in [1.165, 1.54) is 24.3 Å². The molecule has 2 rings (SSSR count). The molecule has 0 atom stereocenters. The van der Waals surface area contributed by atoms with E-state index >= 15 is 0 Å². The SMILES string of the molecule is Oc1cc(O)cc(-c2cccc(F)c2F)c1. The highest BCUT2D eigenvalue weighted by Gasteiger charge is 2.10. The van der Waals surface area contributed by atoms with Gasteiger partial charge in [0.2, 0.25) is 0 Å². The molecule has 2 aromatic rings. The second kappa shape index (κ2) is 3.81. The summed E-state index contributed by atoms with van der Waals surface area (Å²) in [4.78, 5) is 0. The zero-order valence-electron chi connectivity index (χ0n) is 8.11. The van der Waals surface area contributed by atoms with Crippen LogP contribution in [0.1, 0.15) is 0 Å². The lowest BCUT2D eigenvalue weighted by Gasteiger charge is -2.05. The molecule has 0 fully saturated rings. The van der Waals surface area contributed by atoms with Gasteiger partial charge in [-0.3, -0.25) is 0 Å². The van der Waals surface area contributed by atoms with Gasteiger partial charge in [0, 0.05) is 11.6 Å². The van der Waals surface area contributed by atoms with Crippen molar-refractivity contribution in [1.82, 2.24) is 0 Å². The van der Waals surface area contributed by atoms with Crippen LogP contribution in [-0.2, 0) is 0 Å². The summed E-state index contributed by atoms with van der Waals surface area (Å²) in [7, 11) is 0. The van der Waals surface area contributed by atoms with Gasteiger partial charge in [0.1, 0.15) is 11.5 Å². The number of hydrogen-bond donors (Lipinski definition) is 2. The Balaban J connectivity index is 2.63. The zero-order chi connectivity index (χ0) is 11.7. The molecule has 2 N–H and O–H groups in total. The largest absolute Gasteiger partial charge is 0.508 e. The number of hydrogen-bond acceptors (Lipinski definition) is 2. The minimum absolute atomic E-state index is 0.00815. The predicted molar refractivity (Wildman–Crippen MR) is 55.1 cm³/mol. The molecule has 4 heteroatoms. The summed E-state index contributed by atoms with van der Waals surface area (Å²) in [6, 6.07) is 7.33. The van der Waals surface area contributed by atoms with E-state index in [0.29, 0.717) is 0 Å². The molecule has 0 aromatic heterocycles. The Morgan fingerprint density at radius 2 is 1.50 bits per heavy atom. The lowest BCUT2D eigenvalue weighted by molar-refractivity contribution is 0.451. The van der Waals surface area contributed by atoms with Crippen LogP contribution >= 0.6 is 0 Å². The third kappa shape index (κ3) is 1.82. The molecular weight excluding hydrogens is 214 g/mol. The highest BCUT2D eigenvalue weighted by molar-refractivity contribution is 5.67. The lowest BCUT2D eigenvalue weighted by atomic mass is 10.0. The molecule has 0 heterocycles. The maximum Gasteiger partial charge on any atom is 0.166 e. The van der Waals surface area contributed by atoms with Crippen LogP contribution in [0.25, 0.3) is 11.1 Å². The van der Waals surface area contributed by atoms with Crippen molar-refractivity contribution in [2.24, 2.45) is 0 Å². The van der Waals surface area contributed by atoms with Gasteiger partial charge in [-0.1, -0.05) is 12.1 Å². The Labute approximate surface area is 90.4 Å². The molecule has 0 aliphatic heterocycles. The smallest absolute Gasteiger partial charge is 0.166 e. The average Bonchev–Trinajstić information content (AvgIpc) is 2.20. The fourth-order valence-electron chi connectivity index (χ4n) is 1.48. The number of benzene rings is 2. The number of rotatable bonds is 1. The molecule has 0 radical (unpaired) electrons. The van der Waals surface area contributed by atoms with Crippen LogP contribution in [0.5, 0.6) is 11.5 Å².